The number of ketones is 1. The van der Waals surface area contributed by atoms with E-state index in [-0.39, 0.29) is 11.3 Å². The van der Waals surface area contributed by atoms with Gasteiger partial charge in [-0.25, -0.2) is 4.39 Å². The zero-order valence-corrected chi connectivity index (χ0v) is 18.1. The standard InChI is InChI=1S/C25H20FNO4S/c1-14-10-12-32-24(14)21-20(22(28)16-4-9-19-15(13-16)3-2-11-31-19)23(29)25(30)27(21)18-7-5-17(26)6-8-18/h4-10,12-13,21,28H,2-3,11H2,1H3/b22-20-. The summed E-state index contributed by atoms with van der Waals surface area (Å²) in [4.78, 5) is 28.4. The molecular formula is C25H20FNO4S. The highest BCUT2D eigenvalue weighted by atomic mass is 32.1. The lowest BCUT2D eigenvalue weighted by molar-refractivity contribution is -0.132. The molecule has 3 heterocycles. The molecule has 2 aliphatic rings. The number of halogens is 1. The van der Waals surface area contributed by atoms with Gasteiger partial charge in [0.25, 0.3) is 11.7 Å². The summed E-state index contributed by atoms with van der Waals surface area (Å²) in [6, 6.07) is 11.8. The minimum atomic E-state index is -0.798. The summed E-state index contributed by atoms with van der Waals surface area (Å²) in [6.45, 7) is 2.55. The van der Waals surface area contributed by atoms with Gasteiger partial charge in [0.05, 0.1) is 12.2 Å². The Morgan fingerprint density at radius 2 is 1.94 bits per heavy atom. The molecule has 3 aromatic rings. The fraction of sp³-hybridized carbons (Fsp3) is 0.200. The van der Waals surface area contributed by atoms with E-state index >= 15 is 0 Å². The van der Waals surface area contributed by atoms with Gasteiger partial charge >= 0.3 is 0 Å². The lowest BCUT2D eigenvalue weighted by Crippen LogP contribution is -2.29. The topological polar surface area (TPSA) is 66.8 Å². The number of hydrogen-bond acceptors (Lipinski definition) is 5. The second kappa shape index (κ2) is 7.91. The smallest absolute Gasteiger partial charge is 0.300 e. The van der Waals surface area contributed by atoms with Crippen molar-refractivity contribution in [1.82, 2.24) is 0 Å². The Morgan fingerprint density at radius 3 is 2.66 bits per heavy atom. The minimum Gasteiger partial charge on any atom is -0.507 e. The van der Waals surface area contributed by atoms with E-state index in [1.54, 1.807) is 12.1 Å². The predicted molar refractivity (Wildman–Crippen MR) is 120 cm³/mol. The van der Waals surface area contributed by atoms with Crippen LogP contribution < -0.4 is 9.64 Å². The number of aryl methyl sites for hydroxylation is 2. The van der Waals surface area contributed by atoms with Crippen molar-refractivity contribution in [3.05, 3.63) is 86.9 Å². The SMILES string of the molecule is Cc1ccsc1C1/C(=C(/O)c2ccc3c(c2)CCCO3)C(=O)C(=O)N1c1ccc(F)cc1. The maximum Gasteiger partial charge on any atom is 0.300 e. The molecule has 5 nitrogen and oxygen atoms in total. The van der Waals surface area contributed by atoms with Crippen molar-refractivity contribution in [2.24, 2.45) is 0 Å². The monoisotopic (exact) mass is 449 g/mol. The van der Waals surface area contributed by atoms with Crippen LogP contribution >= 0.6 is 11.3 Å². The number of benzene rings is 2. The summed E-state index contributed by atoms with van der Waals surface area (Å²) < 4.78 is 19.2. The number of rotatable bonds is 3. The molecule has 0 aliphatic carbocycles. The van der Waals surface area contributed by atoms with Crippen LogP contribution in [0.1, 0.15) is 34.0 Å². The highest BCUT2D eigenvalue weighted by Crippen LogP contribution is 2.45. The Hall–Kier alpha value is -3.45. The number of nitrogens with zero attached hydrogens (tertiary/aromatic N) is 1. The van der Waals surface area contributed by atoms with Crippen molar-refractivity contribution < 1.29 is 23.8 Å². The first-order chi connectivity index (χ1) is 15.5. The highest BCUT2D eigenvalue weighted by Gasteiger charge is 2.48. The quantitative estimate of drug-likeness (QED) is 0.341. The highest BCUT2D eigenvalue weighted by molar-refractivity contribution is 7.10. The van der Waals surface area contributed by atoms with Crippen molar-refractivity contribution in [3.8, 4) is 5.75 Å². The maximum absolute atomic E-state index is 13.5. The van der Waals surface area contributed by atoms with Crippen molar-refractivity contribution in [1.29, 1.82) is 0 Å². The van der Waals surface area contributed by atoms with Crippen molar-refractivity contribution >= 4 is 34.5 Å². The van der Waals surface area contributed by atoms with Gasteiger partial charge in [0.2, 0.25) is 0 Å². The van der Waals surface area contributed by atoms with Crippen LogP contribution in [0.5, 0.6) is 5.75 Å². The first-order valence-corrected chi connectivity index (χ1v) is 11.2. The molecule has 1 fully saturated rings. The summed E-state index contributed by atoms with van der Waals surface area (Å²) in [5.74, 6) is -1.41. The number of Topliss-reactive ketones (excluding diaryl/α,β-unsaturated/α-hetero) is 1. The molecule has 32 heavy (non-hydrogen) atoms. The Bertz CT molecular complexity index is 1260. The van der Waals surface area contributed by atoms with E-state index in [0.717, 1.165) is 34.6 Å². The fourth-order valence-electron chi connectivity index (χ4n) is 4.28. The lowest BCUT2D eigenvalue weighted by atomic mass is 9.96. The summed E-state index contributed by atoms with van der Waals surface area (Å²) in [5.41, 5.74) is 2.74. The van der Waals surface area contributed by atoms with E-state index < -0.39 is 23.5 Å². The number of fused-ring (bicyclic) bond motifs is 1. The van der Waals surface area contributed by atoms with Crippen LogP contribution in [-0.4, -0.2) is 23.4 Å². The Balaban J connectivity index is 1.69. The number of thiophene rings is 1. The molecule has 1 aromatic heterocycles. The number of carbonyl (C=O) groups is 2. The van der Waals surface area contributed by atoms with Crippen LogP contribution in [0.4, 0.5) is 10.1 Å². The van der Waals surface area contributed by atoms with Gasteiger partial charge in [-0.1, -0.05) is 0 Å². The zero-order valence-electron chi connectivity index (χ0n) is 17.3. The third-order valence-electron chi connectivity index (χ3n) is 5.88. The number of carbonyl (C=O) groups excluding carboxylic acids is 2. The summed E-state index contributed by atoms with van der Waals surface area (Å²) in [5, 5.41) is 13.1. The lowest BCUT2D eigenvalue weighted by Gasteiger charge is -2.25. The van der Waals surface area contributed by atoms with Gasteiger partial charge in [-0.3, -0.25) is 14.5 Å². The fourth-order valence-corrected chi connectivity index (χ4v) is 5.30. The van der Waals surface area contributed by atoms with E-state index in [0.29, 0.717) is 17.9 Å². The minimum absolute atomic E-state index is 0.0292. The van der Waals surface area contributed by atoms with Crippen molar-refractivity contribution in [2.45, 2.75) is 25.8 Å². The second-order valence-corrected chi connectivity index (χ2v) is 8.84. The van der Waals surface area contributed by atoms with Crippen LogP contribution in [0.25, 0.3) is 5.76 Å². The molecule has 0 spiro atoms. The molecule has 1 saturated heterocycles. The van der Waals surface area contributed by atoms with Gasteiger partial charge in [-0.15, -0.1) is 11.3 Å². The van der Waals surface area contributed by atoms with Crippen LogP contribution in [0.2, 0.25) is 0 Å². The molecule has 0 saturated carbocycles. The molecule has 1 N–H and O–H groups in total. The van der Waals surface area contributed by atoms with E-state index in [2.05, 4.69) is 0 Å². The first-order valence-electron chi connectivity index (χ1n) is 10.3. The van der Waals surface area contributed by atoms with E-state index in [1.807, 2.05) is 24.4 Å². The normalized spacial score (nSPS) is 19.7. The average Bonchev–Trinajstić information content (AvgIpc) is 3.34. The number of hydrogen-bond donors (Lipinski definition) is 1. The van der Waals surface area contributed by atoms with Gasteiger partial charge in [0.1, 0.15) is 23.4 Å². The average molecular weight is 450 g/mol. The van der Waals surface area contributed by atoms with Gasteiger partial charge in [0.15, 0.2) is 0 Å². The molecule has 7 heteroatoms. The molecule has 1 atom stereocenters. The summed E-state index contributed by atoms with van der Waals surface area (Å²) in [6.07, 6.45) is 1.69. The van der Waals surface area contributed by atoms with Crippen molar-refractivity contribution in [2.75, 3.05) is 11.5 Å². The second-order valence-electron chi connectivity index (χ2n) is 7.89. The Morgan fingerprint density at radius 1 is 1.16 bits per heavy atom. The zero-order chi connectivity index (χ0) is 22.4. The van der Waals surface area contributed by atoms with E-state index in [4.69, 9.17) is 4.74 Å². The molecule has 1 amide bonds. The van der Waals surface area contributed by atoms with Crippen LogP contribution in [0.15, 0.2) is 59.5 Å². The first kappa shape index (κ1) is 20.5. The van der Waals surface area contributed by atoms with Gasteiger partial charge in [-0.05, 0) is 84.8 Å². The van der Waals surface area contributed by atoms with Crippen LogP contribution in [0, 0.1) is 12.7 Å². The number of anilines is 1. The molecule has 0 bridgehead atoms. The van der Waals surface area contributed by atoms with E-state index in [9.17, 15) is 19.1 Å². The largest absolute Gasteiger partial charge is 0.507 e. The Kier molecular flexibility index (Phi) is 5.06. The van der Waals surface area contributed by atoms with Crippen LogP contribution in [0.3, 0.4) is 0 Å². The summed E-state index contributed by atoms with van der Waals surface area (Å²) >= 11 is 1.41. The predicted octanol–water partition coefficient (Wildman–Crippen LogP) is 5.15. The van der Waals surface area contributed by atoms with Crippen LogP contribution in [-0.2, 0) is 16.0 Å². The summed E-state index contributed by atoms with van der Waals surface area (Å²) in [7, 11) is 0. The third-order valence-corrected chi connectivity index (χ3v) is 6.95. The molecule has 5 rings (SSSR count). The number of aliphatic hydroxyl groups is 1. The molecule has 2 aliphatic heterocycles. The molecule has 162 valence electrons. The molecule has 1 unspecified atom stereocenters. The van der Waals surface area contributed by atoms with Gasteiger partial charge in [-0.2, -0.15) is 0 Å². The maximum atomic E-state index is 13.5. The Labute approximate surface area is 188 Å². The van der Waals surface area contributed by atoms with Gasteiger partial charge in [0, 0.05) is 16.1 Å². The number of aliphatic hydroxyl groups excluding tert-OH is 1. The number of amides is 1. The molecule has 2 aromatic carbocycles. The van der Waals surface area contributed by atoms with Gasteiger partial charge < -0.3 is 9.84 Å². The molecular weight excluding hydrogens is 429 g/mol. The number of ether oxygens (including phenoxy) is 1. The molecule has 0 radical (unpaired) electrons. The van der Waals surface area contributed by atoms with E-state index in [1.165, 1.54) is 40.5 Å². The third kappa shape index (κ3) is 3.29. The van der Waals surface area contributed by atoms with Crippen molar-refractivity contribution in [3.63, 3.8) is 0 Å².